The van der Waals surface area contributed by atoms with Gasteiger partial charge in [-0.3, -0.25) is 0 Å². The Morgan fingerprint density at radius 2 is 2.10 bits per heavy atom. The van der Waals surface area contributed by atoms with Gasteiger partial charge in [-0.2, -0.15) is 0 Å². The summed E-state index contributed by atoms with van der Waals surface area (Å²) < 4.78 is 10.9. The van der Waals surface area contributed by atoms with E-state index in [1.807, 2.05) is 18.3 Å². The number of pyridine rings is 2. The highest BCUT2D eigenvalue weighted by atomic mass is 16.5. The van der Waals surface area contributed by atoms with Gasteiger partial charge in [-0.15, -0.1) is 0 Å². The van der Waals surface area contributed by atoms with Gasteiger partial charge >= 0.3 is 0 Å². The molecule has 0 unspecified atom stereocenters. The van der Waals surface area contributed by atoms with E-state index < -0.39 is 0 Å². The summed E-state index contributed by atoms with van der Waals surface area (Å²) in [6.45, 7) is 1.57. The lowest BCUT2D eigenvalue weighted by molar-refractivity contribution is 0.111. The standard InChI is InChI=1S/C15H19N3O2/c1-19-10-11-8-12(20-2)9-18(11)14-5-7-17-15-13(14)4-3-6-16-15/h3-7,11-12H,8-10H2,1-2H3/t11-,12+/m0/s1. The maximum atomic E-state index is 5.52. The maximum absolute atomic E-state index is 5.52. The van der Waals surface area contributed by atoms with Crippen LogP contribution in [0, 0.1) is 0 Å². The molecule has 0 N–H and O–H groups in total. The number of rotatable bonds is 4. The molecule has 1 fully saturated rings. The first-order chi connectivity index (χ1) is 9.83. The Bertz CT molecular complexity index is 585. The molecule has 0 aliphatic carbocycles. The highest BCUT2D eigenvalue weighted by Gasteiger charge is 2.33. The Morgan fingerprint density at radius 3 is 2.90 bits per heavy atom. The number of ether oxygens (including phenoxy) is 2. The van der Waals surface area contributed by atoms with Gasteiger partial charge in [0, 0.05) is 44.2 Å². The van der Waals surface area contributed by atoms with Gasteiger partial charge in [-0.1, -0.05) is 0 Å². The van der Waals surface area contributed by atoms with E-state index in [9.17, 15) is 0 Å². The largest absolute Gasteiger partial charge is 0.383 e. The Morgan fingerprint density at radius 1 is 1.25 bits per heavy atom. The van der Waals surface area contributed by atoms with Gasteiger partial charge < -0.3 is 14.4 Å². The average Bonchev–Trinajstić information content (AvgIpc) is 2.90. The Labute approximate surface area is 118 Å². The molecular weight excluding hydrogens is 254 g/mol. The summed E-state index contributed by atoms with van der Waals surface area (Å²) in [5.74, 6) is 0. The van der Waals surface area contributed by atoms with Crippen molar-refractivity contribution < 1.29 is 9.47 Å². The highest BCUT2D eigenvalue weighted by molar-refractivity contribution is 5.89. The molecule has 3 heterocycles. The number of anilines is 1. The van der Waals surface area contributed by atoms with E-state index in [1.54, 1.807) is 20.4 Å². The monoisotopic (exact) mass is 273 g/mol. The van der Waals surface area contributed by atoms with Gasteiger partial charge in [0.05, 0.1) is 18.8 Å². The third kappa shape index (κ3) is 2.34. The molecule has 0 amide bonds. The van der Waals surface area contributed by atoms with Crippen molar-refractivity contribution in [2.24, 2.45) is 0 Å². The first-order valence-corrected chi connectivity index (χ1v) is 6.81. The van der Waals surface area contributed by atoms with Crippen LogP contribution in [0.25, 0.3) is 11.0 Å². The number of aromatic nitrogens is 2. The zero-order valence-electron chi connectivity index (χ0n) is 11.8. The van der Waals surface area contributed by atoms with Crippen molar-refractivity contribution in [2.45, 2.75) is 18.6 Å². The van der Waals surface area contributed by atoms with Gasteiger partial charge in [0.1, 0.15) is 0 Å². The van der Waals surface area contributed by atoms with E-state index in [0.717, 1.165) is 29.7 Å². The van der Waals surface area contributed by atoms with Gasteiger partial charge in [-0.05, 0) is 24.6 Å². The second kappa shape index (κ2) is 5.73. The molecule has 0 spiro atoms. The van der Waals surface area contributed by atoms with Gasteiger partial charge in [0.15, 0.2) is 5.65 Å². The van der Waals surface area contributed by atoms with Crippen molar-refractivity contribution in [2.75, 3.05) is 32.3 Å². The van der Waals surface area contributed by atoms with E-state index in [0.29, 0.717) is 12.6 Å². The zero-order chi connectivity index (χ0) is 13.9. The minimum atomic E-state index is 0.245. The lowest BCUT2D eigenvalue weighted by Crippen LogP contribution is -2.33. The number of nitrogens with zero attached hydrogens (tertiary/aromatic N) is 3. The van der Waals surface area contributed by atoms with Crippen molar-refractivity contribution in [3.8, 4) is 0 Å². The molecule has 0 saturated carbocycles. The van der Waals surface area contributed by atoms with Crippen LogP contribution < -0.4 is 4.90 Å². The van der Waals surface area contributed by atoms with E-state index in [1.165, 1.54) is 0 Å². The van der Waals surface area contributed by atoms with Gasteiger partial charge in [0.25, 0.3) is 0 Å². The van der Waals surface area contributed by atoms with Crippen LogP contribution in [0.3, 0.4) is 0 Å². The molecule has 0 radical (unpaired) electrons. The number of hydrogen-bond donors (Lipinski definition) is 0. The summed E-state index contributed by atoms with van der Waals surface area (Å²) in [5.41, 5.74) is 1.94. The third-order valence-electron chi connectivity index (χ3n) is 3.87. The predicted molar refractivity (Wildman–Crippen MR) is 78.0 cm³/mol. The molecule has 20 heavy (non-hydrogen) atoms. The summed E-state index contributed by atoms with van der Waals surface area (Å²) >= 11 is 0. The van der Waals surface area contributed by atoms with Crippen molar-refractivity contribution in [3.05, 3.63) is 30.6 Å². The molecule has 1 saturated heterocycles. The SMILES string of the molecule is COC[C@@H]1C[C@@H](OC)CN1c1ccnc2ncccc12. The molecule has 2 atom stereocenters. The lowest BCUT2D eigenvalue weighted by Gasteiger charge is -2.26. The van der Waals surface area contributed by atoms with Crippen LogP contribution >= 0.6 is 0 Å². The topological polar surface area (TPSA) is 47.5 Å². The maximum Gasteiger partial charge on any atom is 0.161 e. The van der Waals surface area contributed by atoms with E-state index >= 15 is 0 Å². The van der Waals surface area contributed by atoms with Crippen LogP contribution in [-0.4, -0.2) is 49.5 Å². The number of methoxy groups -OCH3 is 2. The average molecular weight is 273 g/mol. The summed E-state index contributed by atoms with van der Waals surface area (Å²) in [6.07, 6.45) is 4.81. The Hall–Kier alpha value is -1.72. The zero-order valence-corrected chi connectivity index (χ0v) is 11.8. The fourth-order valence-electron chi connectivity index (χ4n) is 2.91. The second-order valence-corrected chi connectivity index (χ2v) is 5.06. The molecule has 1 aliphatic heterocycles. The molecular formula is C15H19N3O2. The third-order valence-corrected chi connectivity index (χ3v) is 3.87. The van der Waals surface area contributed by atoms with Gasteiger partial charge in [-0.25, -0.2) is 9.97 Å². The van der Waals surface area contributed by atoms with E-state index in [-0.39, 0.29) is 6.10 Å². The van der Waals surface area contributed by atoms with Crippen molar-refractivity contribution >= 4 is 16.7 Å². The Kier molecular flexibility index (Phi) is 3.80. The van der Waals surface area contributed by atoms with Crippen LogP contribution in [0.15, 0.2) is 30.6 Å². The molecule has 2 aromatic rings. The first kappa shape index (κ1) is 13.3. The smallest absolute Gasteiger partial charge is 0.161 e. The lowest BCUT2D eigenvalue weighted by atomic mass is 10.2. The molecule has 2 aromatic heterocycles. The minimum absolute atomic E-state index is 0.245. The molecule has 0 bridgehead atoms. The fourth-order valence-corrected chi connectivity index (χ4v) is 2.91. The number of hydrogen-bond acceptors (Lipinski definition) is 5. The summed E-state index contributed by atoms with van der Waals surface area (Å²) in [7, 11) is 3.51. The van der Waals surface area contributed by atoms with Crippen molar-refractivity contribution in [1.82, 2.24) is 9.97 Å². The molecule has 1 aliphatic rings. The van der Waals surface area contributed by atoms with Crippen LogP contribution in [0.2, 0.25) is 0 Å². The second-order valence-electron chi connectivity index (χ2n) is 5.06. The van der Waals surface area contributed by atoms with Crippen LogP contribution in [0.5, 0.6) is 0 Å². The van der Waals surface area contributed by atoms with Gasteiger partial charge in [0.2, 0.25) is 0 Å². The van der Waals surface area contributed by atoms with E-state index in [4.69, 9.17) is 9.47 Å². The minimum Gasteiger partial charge on any atom is -0.383 e. The molecule has 5 nitrogen and oxygen atoms in total. The van der Waals surface area contributed by atoms with Crippen LogP contribution in [0.4, 0.5) is 5.69 Å². The molecule has 3 rings (SSSR count). The summed E-state index contributed by atoms with van der Waals surface area (Å²) in [6, 6.07) is 6.39. The van der Waals surface area contributed by atoms with Crippen LogP contribution in [-0.2, 0) is 9.47 Å². The fraction of sp³-hybridized carbons (Fsp3) is 0.467. The molecule has 0 aromatic carbocycles. The first-order valence-electron chi connectivity index (χ1n) is 6.81. The Balaban J connectivity index is 2.00. The number of fused-ring (bicyclic) bond motifs is 1. The molecule has 106 valence electrons. The van der Waals surface area contributed by atoms with Crippen LogP contribution in [0.1, 0.15) is 6.42 Å². The normalized spacial score (nSPS) is 22.6. The highest BCUT2D eigenvalue weighted by Crippen LogP contribution is 2.31. The predicted octanol–water partition coefficient (Wildman–Crippen LogP) is 1.87. The summed E-state index contributed by atoms with van der Waals surface area (Å²) in [4.78, 5) is 11.0. The van der Waals surface area contributed by atoms with Crippen molar-refractivity contribution in [1.29, 1.82) is 0 Å². The van der Waals surface area contributed by atoms with Crippen molar-refractivity contribution in [3.63, 3.8) is 0 Å². The summed E-state index contributed by atoms with van der Waals surface area (Å²) in [5, 5.41) is 1.08. The molecule has 5 heteroatoms. The quantitative estimate of drug-likeness (QED) is 0.851. The van der Waals surface area contributed by atoms with E-state index in [2.05, 4.69) is 20.9 Å².